The highest BCUT2D eigenvalue weighted by molar-refractivity contribution is 6.35. The van der Waals surface area contributed by atoms with Gasteiger partial charge >= 0.3 is 0 Å². The van der Waals surface area contributed by atoms with Crippen molar-refractivity contribution in [1.29, 1.82) is 0 Å². The number of pyridine rings is 1. The molecule has 8 heteroatoms. The molecule has 124 valence electrons. The second-order valence-corrected chi connectivity index (χ2v) is 6.53. The molecule has 0 aliphatic carbocycles. The van der Waals surface area contributed by atoms with Crippen LogP contribution in [0.4, 0.5) is 0 Å². The van der Waals surface area contributed by atoms with Crippen LogP contribution >= 0.6 is 11.6 Å². The summed E-state index contributed by atoms with van der Waals surface area (Å²) in [5.74, 6) is -0.656. The summed E-state index contributed by atoms with van der Waals surface area (Å²) >= 11 is 6.22. The largest absolute Gasteiger partial charge is 0.348 e. The minimum atomic E-state index is -0.656. The Kier molecular flexibility index (Phi) is 3.82. The maximum absolute atomic E-state index is 12.7. The number of fused-ring (bicyclic) bond motifs is 1. The third kappa shape index (κ3) is 2.69. The Morgan fingerprint density at radius 1 is 1.39 bits per heavy atom. The zero-order valence-corrected chi connectivity index (χ0v) is 14.2. The van der Waals surface area contributed by atoms with Gasteiger partial charge in [-0.25, -0.2) is 4.98 Å². The lowest BCUT2D eigenvalue weighted by atomic mass is 10.2. The third-order valence-corrected chi connectivity index (χ3v) is 4.45. The first-order chi connectivity index (χ1) is 10.7. The summed E-state index contributed by atoms with van der Waals surface area (Å²) in [5, 5.41) is 0.394. The second-order valence-electron chi connectivity index (χ2n) is 6.15. The fourth-order valence-electron chi connectivity index (χ4n) is 2.76. The van der Waals surface area contributed by atoms with Gasteiger partial charge in [-0.2, -0.15) is 0 Å². The number of rotatable bonds is 2. The standard InChI is InChI=1S/C15H18ClN3O4/c1-8-11(16)10-12(18(4)13(8)20)17-7-19(14(10)21)5-9-6-22-15(2,3)23-9/h7,9H,5-6H2,1-4H3. The van der Waals surface area contributed by atoms with Crippen molar-refractivity contribution in [3.63, 3.8) is 0 Å². The first-order valence-electron chi connectivity index (χ1n) is 7.27. The number of hydrogen-bond donors (Lipinski definition) is 0. The van der Waals surface area contributed by atoms with Crippen LogP contribution in [0.5, 0.6) is 0 Å². The third-order valence-electron chi connectivity index (χ3n) is 3.98. The highest BCUT2D eigenvalue weighted by Gasteiger charge is 2.33. The maximum atomic E-state index is 12.7. The zero-order chi connectivity index (χ0) is 16.9. The van der Waals surface area contributed by atoms with Gasteiger partial charge in [0.2, 0.25) is 0 Å². The number of halogens is 1. The molecule has 3 rings (SSSR count). The Morgan fingerprint density at radius 3 is 2.70 bits per heavy atom. The van der Waals surface area contributed by atoms with Crippen LogP contribution in [0.3, 0.4) is 0 Å². The van der Waals surface area contributed by atoms with Crippen molar-refractivity contribution in [3.8, 4) is 0 Å². The molecule has 0 saturated carbocycles. The van der Waals surface area contributed by atoms with Gasteiger partial charge in [0.1, 0.15) is 11.5 Å². The first kappa shape index (κ1) is 16.2. The van der Waals surface area contributed by atoms with E-state index in [1.54, 1.807) is 14.0 Å². The molecule has 7 nitrogen and oxygen atoms in total. The van der Waals surface area contributed by atoms with Crippen LogP contribution in [0.25, 0.3) is 11.0 Å². The fraction of sp³-hybridized carbons (Fsp3) is 0.533. The molecule has 0 spiro atoms. The molecule has 1 fully saturated rings. The van der Waals surface area contributed by atoms with Crippen molar-refractivity contribution in [2.75, 3.05) is 6.61 Å². The quantitative estimate of drug-likeness (QED) is 0.822. The molecule has 23 heavy (non-hydrogen) atoms. The summed E-state index contributed by atoms with van der Waals surface area (Å²) in [7, 11) is 1.57. The molecule has 0 aromatic carbocycles. The van der Waals surface area contributed by atoms with Crippen molar-refractivity contribution in [1.82, 2.24) is 14.1 Å². The Balaban J connectivity index is 2.10. The molecule has 0 radical (unpaired) electrons. The summed E-state index contributed by atoms with van der Waals surface area (Å²) in [4.78, 5) is 29.0. The highest BCUT2D eigenvalue weighted by Crippen LogP contribution is 2.23. The maximum Gasteiger partial charge on any atom is 0.264 e. The van der Waals surface area contributed by atoms with E-state index in [1.807, 2.05) is 13.8 Å². The summed E-state index contributed by atoms with van der Waals surface area (Å²) in [6, 6.07) is 0. The molecule has 3 heterocycles. The van der Waals surface area contributed by atoms with Crippen LogP contribution in [-0.4, -0.2) is 32.6 Å². The average molecular weight is 340 g/mol. The number of ether oxygens (including phenoxy) is 2. The van der Waals surface area contributed by atoms with Gasteiger partial charge < -0.3 is 9.47 Å². The number of hydrogen-bond acceptors (Lipinski definition) is 5. The van der Waals surface area contributed by atoms with Gasteiger partial charge in [-0.05, 0) is 20.8 Å². The van der Waals surface area contributed by atoms with Crippen LogP contribution in [-0.2, 0) is 23.1 Å². The molecule has 1 atom stereocenters. The monoisotopic (exact) mass is 339 g/mol. The Labute approximate surface area is 137 Å². The van der Waals surface area contributed by atoms with Crippen molar-refractivity contribution in [2.45, 2.75) is 39.2 Å². The van der Waals surface area contributed by atoms with E-state index in [0.717, 1.165) is 0 Å². The van der Waals surface area contributed by atoms with E-state index in [-0.39, 0.29) is 33.3 Å². The molecule has 0 N–H and O–H groups in total. The molecule has 1 saturated heterocycles. The topological polar surface area (TPSA) is 75.3 Å². The van der Waals surface area contributed by atoms with E-state index in [2.05, 4.69) is 4.98 Å². The Bertz CT molecular complexity index is 900. The van der Waals surface area contributed by atoms with E-state index >= 15 is 0 Å². The van der Waals surface area contributed by atoms with E-state index in [9.17, 15) is 9.59 Å². The van der Waals surface area contributed by atoms with Crippen LogP contribution < -0.4 is 11.1 Å². The number of aryl methyl sites for hydroxylation is 1. The van der Waals surface area contributed by atoms with Gasteiger partial charge in [0.25, 0.3) is 11.1 Å². The minimum Gasteiger partial charge on any atom is -0.348 e. The summed E-state index contributed by atoms with van der Waals surface area (Å²) in [6.45, 7) is 5.95. The molecular formula is C15H18ClN3O4. The summed E-state index contributed by atoms with van der Waals surface area (Å²) in [5.41, 5.74) is 0.0455. The molecule has 0 bridgehead atoms. The highest BCUT2D eigenvalue weighted by atomic mass is 35.5. The molecule has 0 amide bonds. The lowest BCUT2D eigenvalue weighted by Crippen LogP contribution is -2.32. The summed E-state index contributed by atoms with van der Waals surface area (Å²) in [6.07, 6.45) is 1.17. The lowest BCUT2D eigenvalue weighted by Gasteiger charge is -2.17. The number of aromatic nitrogens is 3. The minimum absolute atomic E-state index is 0.152. The summed E-state index contributed by atoms with van der Waals surface area (Å²) < 4.78 is 14.0. The smallest absolute Gasteiger partial charge is 0.264 e. The number of nitrogens with zero attached hydrogens (tertiary/aromatic N) is 3. The van der Waals surface area contributed by atoms with Crippen molar-refractivity contribution >= 4 is 22.6 Å². The molecule has 1 unspecified atom stereocenters. The predicted octanol–water partition coefficient (Wildman–Crippen LogP) is 1.21. The van der Waals surface area contributed by atoms with Crippen LogP contribution in [0.2, 0.25) is 5.02 Å². The van der Waals surface area contributed by atoms with E-state index in [0.29, 0.717) is 18.7 Å². The average Bonchev–Trinajstić information content (AvgIpc) is 2.83. The lowest BCUT2D eigenvalue weighted by molar-refractivity contribution is -0.139. The van der Waals surface area contributed by atoms with E-state index in [1.165, 1.54) is 15.5 Å². The normalized spacial score (nSPS) is 20.3. The second kappa shape index (κ2) is 5.43. The van der Waals surface area contributed by atoms with Gasteiger partial charge in [0, 0.05) is 12.6 Å². The molecule has 2 aromatic heterocycles. The zero-order valence-electron chi connectivity index (χ0n) is 13.4. The Morgan fingerprint density at radius 2 is 2.09 bits per heavy atom. The fourth-order valence-corrected chi connectivity index (χ4v) is 3.00. The van der Waals surface area contributed by atoms with Gasteiger partial charge in [-0.15, -0.1) is 0 Å². The van der Waals surface area contributed by atoms with Crippen LogP contribution in [0.15, 0.2) is 15.9 Å². The van der Waals surface area contributed by atoms with Crippen molar-refractivity contribution in [2.24, 2.45) is 7.05 Å². The van der Waals surface area contributed by atoms with Gasteiger partial charge in [0.05, 0.1) is 24.5 Å². The molecule has 1 aliphatic heterocycles. The predicted molar refractivity (Wildman–Crippen MR) is 85.9 cm³/mol. The van der Waals surface area contributed by atoms with Crippen LogP contribution in [0.1, 0.15) is 19.4 Å². The van der Waals surface area contributed by atoms with Gasteiger partial charge in [0.15, 0.2) is 11.4 Å². The Hall–Kier alpha value is -1.70. The van der Waals surface area contributed by atoms with Crippen LogP contribution in [0, 0.1) is 6.92 Å². The van der Waals surface area contributed by atoms with Gasteiger partial charge in [-0.1, -0.05) is 11.6 Å². The van der Waals surface area contributed by atoms with Crippen molar-refractivity contribution in [3.05, 3.63) is 37.6 Å². The van der Waals surface area contributed by atoms with Crippen molar-refractivity contribution < 1.29 is 9.47 Å². The molecule has 2 aromatic rings. The first-order valence-corrected chi connectivity index (χ1v) is 7.65. The van der Waals surface area contributed by atoms with E-state index in [4.69, 9.17) is 21.1 Å². The van der Waals surface area contributed by atoms with E-state index < -0.39 is 5.79 Å². The molecular weight excluding hydrogens is 322 g/mol. The SMILES string of the molecule is Cc1c(Cl)c2c(=O)n(CC3COC(C)(C)O3)cnc2n(C)c1=O. The molecule has 1 aliphatic rings. The van der Waals surface area contributed by atoms with Gasteiger partial charge in [-0.3, -0.25) is 18.7 Å².